The maximum atomic E-state index is 10.2. The molecular formula is C14H16Cl2N2O. The van der Waals surface area contributed by atoms with E-state index in [0.717, 1.165) is 17.0 Å². The van der Waals surface area contributed by atoms with Gasteiger partial charge in [0.1, 0.15) is 0 Å². The number of hydrogen-bond donors (Lipinski definition) is 1. The Hall–Kier alpha value is -1.03. The molecule has 1 heterocycles. The molecule has 1 aromatic carbocycles. The lowest BCUT2D eigenvalue weighted by molar-refractivity contribution is 0.173. The Kier molecular flexibility index (Phi) is 4.50. The van der Waals surface area contributed by atoms with E-state index in [4.69, 9.17) is 23.2 Å². The summed E-state index contributed by atoms with van der Waals surface area (Å²) >= 11 is 11.9. The quantitative estimate of drug-likeness (QED) is 0.941. The van der Waals surface area contributed by atoms with Crippen LogP contribution in [0.15, 0.2) is 24.3 Å². The Morgan fingerprint density at radius 1 is 1.26 bits per heavy atom. The highest BCUT2D eigenvalue weighted by atomic mass is 35.5. The summed E-state index contributed by atoms with van der Waals surface area (Å²) in [6, 6.07) is 7.30. The highest BCUT2D eigenvalue weighted by molar-refractivity contribution is 6.35. The predicted octanol–water partition coefficient (Wildman–Crippen LogP) is 3.18. The van der Waals surface area contributed by atoms with Gasteiger partial charge in [-0.05, 0) is 30.7 Å². The molecule has 102 valence electrons. The van der Waals surface area contributed by atoms with Crippen molar-refractivity contribution in [3.8, 4) is 0 Å². The molecule has 19 heavy (non-hydrogen) atoms. The van der Waals surface area contributed by atoms with Gasteiger partial charge in [0.05, 0.1) is 11.8 Å². The van der Waals surface area contributed by atoms with Crippen molar-refractivity contribution in [3.63, 3.8) is 0 Å². The second kappa shape index (κ2) is 5.95. The van der Waals surface area contributed by atoms with Gasteiger partial charge in [0, 0.05) is 35.6 Å². The molecule has 0 aliphatic rings. The molecule has 2 aromatic rings. The number of aliphatic hydroxyl groups excluding tert-OH is 1. The molecular weight excluding hydrogens is 283 g/mol. The first-order valence-electron chi connectivity index (χ1n) is 6.07. The van der Waals surface area contributed by atoms with Crippen LogP contribution in [0.4, 0.5) is 0 Å². The van der Waals surface area contributed by atoms with Crippen molar-refractivity contribution >= 4 is 23.2 Å². The van der Waals surface area contributed by atoms with Crippen molar-refractivity contribution < 1.29 is 5.11 Å². The van der Waals surface area contributed by atoms with E-state index in [1.807, 2.05) is 26.1 Å². The van der Waals surface area contributed by atoms with E-state index in [-0.39, 0.29) is 0 Å². The first-order chi connectivity index (χ1) is 8.95. The molecule has 1 aromatic heterocycles. The lowest BCUT2D eigenvalue weighted by atomic mass is 10.0. The molecule has 0 bridgehead atoms. The molecule has 0 spiro atoms. The number of rotatable bonds is 4. The SMILES string of the molecule is Cc1cc(CC(O)Cc2ccc(Cl)cc2Cl)n(C)n1. The van der Waals surface area contributed by atoms with Gasteiger partial charge in [0.25, 0.3) is 0 Å². The molecule has 0 radical (unpaired) electrons. The Balaban J connectivity index is 2.05. The third kappa shape index (κ3) is 3.72. The summed E-state index contributed by atoms with van der Waals surface area (Å²) in [5.74, 6) is 0. The first-order valence-corrected chi connectivity index (χ1v) is 6.83. The molecule has 0 amide bonds. The van der Waals surface area contributed by atoms with E-state index < -0.39 is 6.10 Å². The van der Waals surface area contributed by atoms with Crippen molar-refractivity contribution in [1.82, 2.24) is 9.78 Å². The van der Waals surface area contributed by atoms with Gasteiger partial charge in [-0.3, -0.25) is 4.68 Å². The van der Waals surface area contributed by atoms with Crippen LogP contribution in [0.25, 0.3) is 0 Å². The van der Waals surface area contributed by atoms with E-state index in [1.165, 1.54) is 0 Å². The van der Waals surface area contributed by atoms with Gasteiger partial charge in [0.15, 0.2) is 0 Å². The Morgan fingerprint density at radius 2 is 2.00 bits per heavy atom. The fraction of sp³-hybridized carbons (Fsp3) is 0.357. The lowest BCUT2D eigenvalue weighted by Gasteiger charge is -2.12. The lowest BCUT2D eigenvalue weighted by Crippen LogP contribution is -2.16. The number of nitrogens with zero attached hydrogens (tertiary/aromatic N) is 2. The zero-order valence-corrected chi connectivity index (χ0v) is 12.4. The highest BCUT2D eigenvalue weighted by Crippen LogP contribution is 2.22. The number of halogens is 2. The van der Waals surface area contributed by atoms with Crippen LogP contribution in [0.5, 0.6) is 0 Å². The minimum Gasteiger partial charge on any atom is -0.392 e. The maximum Gasteiger partial charge on any atom is 0.0636 e. The minimum atomic E-state index is -0.492. The second-order valence-corrected chi connectivity index (χ2v) is 5.54. The molecule has 0 aliphatic heterocycles. The molecule has 2 rings (SSSR count). The summed E-state index contributed by atoms with van der Waals surface area (Å²) in [5, 5.41) is 15.6. The summed E-state index contributed by atoms with van der Waals surface area (Å²) in [5.41, 5.74) is 2.86. The fourth-order valence-corrected chi connectivity index (χ4v) is 2.60. The molecule has 1 atom stereocenters. The summed E-state index contributed by atoms with van der Waals surface area (Å²) in [7, 11) is 1.88. The summed E-state index contributed by atoms with van der Waals surface area (Å²) in [4.78, 5) is 0. The standard InChI is InChI=1S/C14H16Cl2N2O/c1-9-5-12(18(2)17-9)8-13(19)6-10-3-4-11(15)7-14(10)16/h3-5,7,13,19H,6,8H2,1-2H3. The van der Waals surface area contributed by atoms with Gasteiger partial charge in [-0.1, -0.05) is 29.3 Å². The highest BCUT2D eigenvalue weighted by Gasteiger charge is 2.12. The van der Waals surface area contributed by atoms with Gasteiger partial charge in [-0.15, -0.1) is 0 Å². The first kappa shape index (κ1) is 14.4. The predicted molar refractivity (Wildman–Crippen MR) is 77.8 cm³/mol. The van der Waals surface area contributed by atoms with E-state index in [9.17, 15) is 5.11 Å². The van der Waals surface area contributed by atoms with Crippen molar-refractivity contribution in [2.75, 3.05) is 0 Å². The number of aryl methyl sites for hydroxylation is 2. The van der Waals surface area contributed by atoms with Crippen LogP contribution in [0.1, 0.15) is 17.0 Å². The third-order valence-corrected chi connectivity index (χ3v) is 3.60. The van der Waals surface area contributed by atoms with E-state index in [0.29, 0.717) is 22.9 Å². The normalized spacial score (nSPS) is 12.7. The Morgan fingerprint density at radius 3 is 2.58 bits per heavy atom. The van der Waals surface area contributed by atoms with Crippen molar-refractivity contribution in [2.45, 2.75) is 25.9 Å². The fourth-order valence-electron chi connectivity index (χ4n) is 2.11. The average molecular weight is 299 g/mol. The zero-order valence-electron chi connectivity index (χ0n) is 10.9. The van der Waals surface area contributed by atoms with Crippen molar-refractivity contribution in [3.05, 3.63) is 51.3 Å². The van der Waals surface area contributed by atoms with Gasteiger partial charge in [0.2, 0.25) is 0 Å². The van der Waals surface area contributed by atoms with Gasteiger partial charge >= 0.3 is 0 Å². The zero-order chi connectivity index (χ0) is 14.0. The average Bonchev–Trinajstić information content (AvgIpc) is 2.61. The van der Waals surface area contributed by atoms with Crippen LogP contribution in [0.3, 0.4) is 0 Å². The van der Waals surface area contributed by atoms with E-state index >= 15 is 0 Å². The van der Waals surface area contributed by atoms with E-state index in [1.54, 1.807) is 16.8 Å². The topological polar surface area (TPSA) is 38.0 Å². The van der Waals surface area contributed by atoms with Crippen LogP contribution in [0, 0.1) is 6.92 Å². The van der Waals surface area contributed by atoms with Crippen LogP contribution in [-0.2, 0) is 19.9 Å². The number of benzene rings is 1. The van der Waals surface area contributed by atoms with Crippen molar-refractivity contribution in [1.29, 1.82) is 0 Å². The van der Waals surface area contributed by atoms with Gasteiger partial charge < -0.3 is 5.11 Å². The van der Waals surface area contributed by atoms with Crippen LogP contribution in [-0.4, -0.2) is 21.0 Å². The largest absolute Gasteiger partial charge is 0.392 e. The molecule has 0 saturated heterocycles. The minimum absolute atomic E-state index is 0.492. The Bertz CT molecular complexity index is 581. The maximum absolute atomic E-state index is 10.2. The molecule has 1 unspecified atom stereocenters. The Labute approximate surface area is 122 Å². The van der Waals surface area contributed by atoms with Crippen LogP contribution >= 0.6 is 23.2 Å². The summed E-state index contributed by atoms with van der Waals surface area (Å²) < 4.78 is 1.79. The molecule has 3 nitrogen and oxygen atoms in total. The molecule has 1 N–H and O–H groups in total. The van der Waals surface area contributed by atoms with Gasteiger partial charge in [-0.2, -0.15) is 5.10 Å². The summed E-state index contributed by atoms with van der Waals surface area (Å²) in [6.07, 6.45) is 0.560. The molecule has 5 heteroatoms. The third-order valence-electron chi connectivity index (χ3n) is 3.01. The smallest absolute Gasteiger partial charge is 0.0636 e. The van der Waals surface area contributed by atoms with Crippen molar-refractivity contribution in [2.24, 2.45) is 7.05 Å². The number of hydrogen-bond acceptors (Lipinski definition) is 2. The number of aromatic nitrogens is 2. The monoisotopic (exact) mass is 298 g/mol. The molecule has 0 aliphatic carbocycles. The number of aliphatic hydroxyl groups is 1. The second-order valence-electron chi connectivity index (χ2n) is 4.70. The summed E-state index contributed by atoms with van der Waals surface area (Å²) in [6.45, 7) is 1.94. The molecule has 0 fully saturated rings. The van der Waals surface area contributed by atoms with E-state index in [2.05, 4.69) is 5.10 Å². The van der Waals surface area contributed by atoms with Crippen LogP contribution in [0.2, 0.25) is 10.0 Å². The molecule has 0 saturated carbocycles. The van der Waals surface area contributed by atoms with Crippen LogP contribution < -0.4 is 0 Å². The van der Waals surface area contributed by atoms with Gasteiger partial charge in [-0.25, -0.2) is 0 Å².